The highest BCUT2D eigenvalue weighted by Gasteiger charge is 2.29. The molecule has 112 valence electrons. The summed E-state index contributed by atoms with van der Waals surface area (Å²) in [4.78, 5) is 6.11. The second kappa shape index (κ2) is 6.61. The number of nitrogens with zero attached hydrogens (tertiary/aromatic N) is 2. The molecule has 1 aromatic rings. The van der Waals surface area contributed by atoms with E-state index in [1.54, 1.807) is 0 Å². The molecule has 2 atom stereocenters. The van der Waals surface area contributed by atoms with Gasteiger partial charge in [-0.15, -0.1) is 0 Å². The highest BCUT2D eigenvalue weighted by molar-refractivity contribution is 8.00. The van der Waals surface area contributed by atoms with Crippen LogP contribution in [0.5, 0.6) is 0 Å². The molecule has 2 unspecified atom stereocenters. The first-order valence-electron chi connectivity index (χ1n) is 7.02. The van der Waals surface area contributed by atoms with E-state index in [0.29, 0.717) is 11.8 Å². The number of thioether (sulfide) groups is 1. The van der Waals surface area contributed by atoms with Gasteiger partial charge in [-0.2, -0.15) is 11.8 Å². The molecule has 0 amide bonds. The minimum absolute atomic E-state index is 0.140. The van der Waals surface area contributed by atoms with Crippen LogP contribution in [0.3, 0.4) is 0 Å². The predicted octanol–water partition coefficient (Wildman–Crippen LogP) is 3.51. The SMILES string of the molecule is CCCNc1nc(N2CCSC(C)C2C)c(F)cc1F. The van der Waals surface area contributed by atoms with Gasteiger partial charge in [0.25, 0.3) is 0 Å². The average molecular weight is 301 g/mol. The molecule has 0 bridgehead atoms. The molecule has 20 heavy (non-hydrogen) atoms. The molecule has 0 aliphatic carbocycles. The molecular formula is C14H21F2N3S. The van der Waals surface area contributed by atoms with Gasteiger partial charge in [-0.3, -0.25) is 0 Å². The number of pyridine rings is 1. The first-order valence-corrected chi connectivity index (χ1v) is 8.07. The Kier molecular flexibility index (Phi) is 5.07. The van der Waals surface area contributed by atoms with Crippen molar-refractivity contribution in [1.29, 1.82) is 0 Å². The quantitative estimate of drug-likeness (QED) is 0.921. The van der Waals surface area contributed by atoms with Crippen molar-refractivity contribution in [3.63, 3.8) is 0 Å². The van der Waals surface area contributed by atoms with E-state index in [1.807, 2.05) is 23.6 Å². The molecule has 1 aliphatic heterocycles. The molecule has 0 saturated carbocycles. The zero-order valence-corrected chi connectivity index (χ0v) is 12.9. The van der Waals surface area contributed by atoms with Crippen LogP contribution in [-0.2, 0) is 0 Å². The molecule has 1 aliphatic rings. The van der Waals surface area contributed by atoms with Crippen LogP contribution in [0.15, 0.2) is 6.07 Å². The van der Waals surface area contributed by atoms with Gasteiger partial charge in [0, 0.05) is 36.2 Å². The van der Waals surface area contributed by atoms with Gasteiger partial charge < -0.3 is 10.2 Å². The van der Waals surface area contributed by atoms with Crippen LogP contribution in [0.1, 0.15) is 27.2 Å². The summed E-state index contributed by atoms with van der Waals surface area (Å²) in [6.07, 6.45) is 0.863. The zero-order valence-electron chi connectivity index (χ0n) is 12.1. The largest absolute Gasteiger partial charge is 0.368 e. The van der Waals surface area contributed by atoms with Crippen LogP contribution in [-0.4, -0.2) is 35.1 Å². The van der Waals surface area contributed by atoms with Crippen molar-refractivity contribution in [3.05, 3.63) is 17.7 Å². The highest BCUT2D eigenvalue weighted by Crippen LogP contribution is 2.31. The van der Waals surface area contributed by atoms with Crippen LogP contribution in [0, 0.1) is 11.6 Å². The Balaban J connectivity index is 2.30. The molecule has 6 heteroatoms. The van der Waals surface area contributed by atoms with Crippen molar-refractivity contribution in [1.82, 2.24) is 4.98 Å². The van der Waals surface area contributed by atoms with Crippen LogP contribution in [0.25, 0.3) is 0 Å². The first kappa shape index (κ1) is 15.4. The van der Waals surface area contributed by atoms with Gasteiger partial charge in [-0.25, -0.2) is 13.8 Å². The van der Waals surface area contributed by atoms with Crippen molar-refractivity contribution in [2.75, 3.05) is 29.1 Å². The lowest BCUT2D eigenvalue weighted by Gasteiger charge is -2.38. The Morgan fingerprint density at radius 2 is 2.15 bits per heavy atom. The van der Waals surface area contributed by atoms with Gasteiger partial charge >= 0.3 is 0 Å². The van der Waals surface area contributed by atoms with Crippen LogP contribution in [0.2, 0.25) is 0 Å². The summed E-state index contributed by atoms with van der Waals surface area (Å²) in [5.41, 5.74) is 0. The summed E-state index contributed by atoms with van der Waals surface area (Å²) in [5, 5.41) is 3.32. The summed E-state index contributed by atoms with van der Waals surface area (Å²) in [7, 11) is 0. The van der Waals surface area contributed by atoms with Crippen LogP contribution < -0.4 is 10.2 Å². The van der Waals surface area contributed by atoms with Crippen molar-refractivity contribution in [3.8, 4) is 0 Å². The summed E-state index contributed by atoms with van der Waals surface area (Å²) in [6.45, 7) is 7.52. The van der Waals surface area contributed by atoms with Crippen molar-refractivity contribution in [2.45, 2.75) is 38.5 Å². The molecule has 0 aromatic carbocycles. The van der Waals surface area contributed by atoms with E-state index in [1.165, 1.54) is 0 Å². The number of nitrogens with one attached hydrogen (secondary N) is 1. The smallest absolute Gasteiger partial charge is 0.168 e. The Hall–Kier alpha value is -1.04. The highest BCUT2D eigenvalue weighted by atomic mass is 32.2. The molecule has 2 heterocycles. The standard InChI is InChI=1S/C14H21F2N3S/c1-4-5-17-13-11(15)8-12(16)14(18-13)19-6-7-20-10(3)9(19)2/h8-10H,4-7H2,1-3H3,(H,17,18). The number of hydrogen-bond donors (Lipinski definition) is 1. The molecular weight excluding hydrogens is 280 g/mol. The van der Waals surface area contributed by atoms with Crippen molar-refractivity contribution >= 4 is 23.4 Å². The second-order valence-corrected chi connectivity index (χ2v) is 6.55. The Bertz CT molecular complexity index is 470. The van der Waals surface area contributed by atoms with Gasteiger partial charge in [0.05, 0.1) is 0 Å². The third-order valence-corrected chi connectivity index (χ3v) is 4.95. The van der Waals surface area contributed by atoms with Gasteiger partial charge in [-0.1, -0.05) is 13.8 Å². The topological polar surface area (TPSA) is 28.2 Å². The lowest BCUT2D eigenvalue weighted by molar-refractivity contribution is 0.550. The maximum atomic E-state index is 14.1. The Morgan fingerprint density at radius 1 is 1.40 bits per heavy atom. The summed E-state index contributed by atoms with van der Waals surface area (Å²) in [5.74, 6) is 0.107. The minimum atomic E-state index is -0.633. The van der Waals surface area contributed by atoms with E-state index >= 15 is 0 Å². The minimum Gasteiger partial charge on any atom is -0.368 e. The van der Waals surface area contributed by atoms with E-state index in [9.17, 15) is 8.78 Å². The zero-order chi connectivity index (χ0) is 14.7. The Morgan fingerprint density at radius 3 is 2.85 bits per heavy atom. The van der Waals surface area contributed by atoms with Crippen LogP contribution in [0.4, 0.5) is 20.4 Å². The first-order chi connectivity index (χ1) is 9.54. The van der Waals surface area contributed by atoms with Gasteiger partial charge in [-0.05, 0) is 13.3 Å². The maximum absolute atomic E-state index is 14.1. The van der Waals surface area contributed by atoms with Gasteiger partial charge in [0.15, 0.2) is 23.3 Å². The molecule has 1 fully saturated rings. The summed E-state index contributed by atoms with van der Waals surface area (Å²) < 4.78 is 27.8. The fourth-order valence-electron chi connectivity index (χ4n) is 2.26. The maximum Gasteiger partial charge on any atom is 0.168 e. The van der Waals surface area contributed by atoms with Crippen molar-refractivity contribution in [2.24, 2.45) is 0 Å². The molecule has 1 N–H and O–H groups in total. The van der Waals surface area contributed by atoms with Crippen LogP contribution >= 0.6 is 11.8 Å². The third kappa shape index (κ3) is 3.16. The van der Waals surface area contributed by atoms with Crippen molar-refractivity contribution < 1.29 is 8.78 Å². The van der Waals surface area contributed by atoms with E-state index in [-0.39, 0.29) is 17.7 Å². The Labute approximate surface area is 123 Å². The fraction of sp³-hybridized carbons (Fsp3) is 0.643. The molecule has 1 aromatic heterocycles. The van der Waals surface area contributed by atoms with E-state index < -0.39 is 11.6 Å². The molecule has 1 saturated heterocycles. The molecule has 3 nitrogen and oxygen atoms in total. The van der Waals surface area contributed by atoms with E-state index in [0.717, 1.165) is 24.8 Å². The van der Waals surface area contributed by atoms with E-state index in [2.05, 4.69) is 24.1 Å². The summed E-state index contributed by atoms with van der Waals surface area (Å²) >= 11 is 1.87. The number of hydrogen-bond acceptors (Lipinski definition) is 4. The summed E-state index contributed by atoms with van der Waals surface area (Å²) in [6, 6.07) is 1.11. The average Bonchev–Trinajstić information content (AvgIpc) is 2.41. The predicted molar refractivity (Wildman–Crippen MR) is 81.7 cm³/mol. The number of halogens is 2. The molecule has 2 rings (SSSR count). The van der Waals surface area contributed by atoms with Gasteiger partial charge in [0.2, 0.25) is 0 Å². The lowest BCUT2D eigenvalue weighted by Crippen LogP contribution is -2.45. The third-order valence-electron chi connectivity index (χ3n) is 3.61. The fourth-order valence-corrected chi connectivity index (χ4v) is 3.36. The number of aromatic nitrogens is 1. The lowest BCUT2D eigenvalue weighted by atomic mass is 10.2. The second-order valence-electron chi connectivity index (χ2n) is 5.06. The van der Waals surface area contributed by atoms with Gasteiger partial charge in [0.1, 0.15) is 0 Å². The van der Waals surface area contributed by atoms with E-state index in [4.69, 9.17) is 0 Å². The normalized spacial score (nSPS) is 22.9. The number of rotatable bonds is 4. The monoisotopic (exact) mass is 301 g/mol. The molecule has 0 radical (unpaired) electrons. The number of anilines is 2. The molecule has 0 spiro atoms.